The molecule has 2 aromatic rings. The normalized spacial score (nSPS) is 12.3. The molecule has 19 heavy (non-hydrogen) atoms. The Morgan fingerprint density at radius 3 is 2.53 bits per heavy atom. The van der Waals surface area contributed by atoms with Crippen molar-refractivity contribution in [2.75, 3.05) is 14.2 Å². The van der Waals surface area contributed by atoms with Gasteiger partial charge < -0.3 is 15.2 Å². The number of rotatable bonds is 4. The molecule has 1 aromatic heterocycles. The van der Waals surface area contributed by atoms with Crippen molar-refractivity contribution in [3.63, 3.8) is 0 Å². The van der Waals surface area contributed by atoms with Crippen molar-refractivity contribution in [1.29, 1.82) is 0 Å². The molecular formula is C13H13BrClNO2S. The highest BCUT2D eigenvalue weighted by atomic mass is 79.9. The fraction of sp³-hybridized carbons (Fsp3) is 0.231. The molecule has 1 aromatic carbocycles. The molecule has 0 saturated carbocycles. The topological polar surface area (TPSA) is 44.5 Å². The van der Waals surface area contributed by atoms with Crippen LogP contribution in [0.4, 0.5) is 0 Å². The van der Waals surface area contributed by atoms with Gasteiger partial charge in [0.2, 0.25) is 0 Å². The highest BCUT2D eigenvalue weighted by Crippen LogP contribution is 2.39. The zero-order valence-corrected chi connectivity index (χ0v) is 13.6. The third-order valence-electron chi connectivity index (χ3n) is 2.75. The number of ether oxygens (including phenoxy) is 2. The Bertz CT molecular complexity index is 569. The quantitative estimate of drug-likeness (QED) is 0.885. The van der Waals surface area contributed by atoms with Crippen molar-refractivity contribution >= 4 is 38.9 Å². The Hall–Kier alpha value is -0.750. The van der Waals surface area contributed by atoms with Gasteiger partial charge in [-0.25, -0.2) is 0 Å². The molecule has 0 bridgehead atoms. The second kappa shape index (κ2) is 6.13. The molecule has 2 N–H and O–H groups in total. The minimum Gasteiger partial charge on any atom is -0.497 e. The lowest BCUT2D eigenvalue weighted by molar-refractivity contribution is 0.390. The van der Waals surface area contributed by atoms with Crippen LogP contribution in [0.25, 0.3) is 0 Å². The van der Waals surface area contributed by atoms with Crippen LogP contribution in [0.5, 0.6) is 11.5 Å². The van der Waals surface area contributed by atoms with Crippen molar-refractivity contribution in [2.24, 2.45) is 5.73 Å². The lowest BCUT2D eigenvalue weighted by atomic mass is 10.0. The number of thiophene rings is 1. The molecule has 0 amide bonds. The number of methoxy groups -OCH3 is 2. The summed E-state index contributed by atoms with van der Waals surface area (Å²) >= 11 is 10.9. The maximum atomic E-state index is 6.28. The van der Waals surface area contributed by atoms with Gasteiger partial charge in [0.15, 0.2) is 0 Å². The fourth-order valence-corrected chi connectivity index (χ4v) is 3.50. The predicted molar refractivity (Wildman–Crippen MR) is 82.6 cm³/mol. The Morgan fingerprint density at radius 1 is 1.26 bits per heavy atom. The van der Waals surface area contributed by atoms with Crippen molar-refractivity contribution < 1.29 is 9.47 Å². The molecule has 0 radical (unpaired) electrons. The van der Waals surface area contributed by atoms with Crippen LogP contribution in [-0.4, -0.2) is 14.2 Å². The van der Waals surface area contributed by atoms with Crippen LogP contribution in [0, 0.1) is 0 Å². The molecule has 0 aliphatic carbocycles. The van der Waals surface area contributed by atoms with Gasteiger partial charge in [-0.15, -0.1) is 11.3 Å². The summed E-state index contributed by atoms with van der Waals surface area (Å²) in [5, 5.41) is 0. The first kappa shape index (κ1) is 14.7. The van der Waals surface area contributed by atoms with Crippen LogP contribution < -0.4 is 15.2 Å². The Kier molecular flexibility index (Phi) is 4.73. The Morgan fingerprint density at radius 2 is 2.00 bits per heavy atom. The summed E-state index contributed by atoms with van der Waals surface area (Å²) < 4.78 is 12.1. The molecule has 1 unspecified atom stereocenters. The highest BCUT2D eigenvalue weighted by molar-refractivity contribution is 9.10. The molecule has 6 heteroatoms. The van der Waals surface area contributed by atoms with Gasteiger partial charge in [-0.1, -0.05) is 11.6 Å². The first-order valence-corrected chi connectivity index (χ1v) is 7.47. The van der Waals surface area contributed by atoms with E-state index in [0.29, 0.717) is 10.1 Å². The van der Waals surface area contributed by atoms with E-state index in [1.807, 2.05) is 24.3 Å². The van der Waals surface area contributed by atoms with E-state index in [4.69, 9.17) is 26.8 Å². The summed E-state index contributed by atoms with van der Waals surface area (Å²) in [6, 6.07) is 7.24. The second-order valence-electron chi connectivity index (χ2n) is 3.86. The number of hydrogen-bond donors (Lipinski definition) is 1. The van der Waals surface area contributed by atoms with Gasteiger partial charge in [-0.3, -0.25) is 0 Å². The highest BCUT2D eigenvalue weighted by Gasteiger charge is 2.18. The van der Waals surface area contributed by atoms with E-state index >= 15 is 0 Å². The van der Waals surface area contributed by atoms with Gasteiger partial charge in [-0.05, 0) is 34.1 Å². The smallest absolute Gasteiger partial charge is 0.127 e. The summed E-state index contributed by atoms with van der Waals surface area (Å²) in [6.45, 7) is 0. The third-order valence-corrected chi connectivity index (χ3v) is 5.30. The summed E-state index contributed by atoms with van der Waals surface area (Å²) in [5.74, 6) is 1.44. The molecule has 1 atom stereocenters. The molecule has 3 nitrogen and oxygen atoms in total. The Labute approximate surface area is 129 Å². The largest absolute Gasteiger partial charge is 0.497 e. The zero-order valence-electron chi connectivity index (χ0n) is 10.4. The zero-order chi connectivity index (χ0) is 14.0. The van der Waals surface area contributed by atoms with E-state index in [9.17, 15) is 0 Å². The summed E-state index contributed by atoms with van der Waals surface area (Å²) in [4.78, 5) is 0.973. The summed E-state index contributed by atoms with van der Waals surface area (Å²) in [7, 11) is 3.23. The molecule has 2 rings (SSSR count). The fourth-order valence-electron chi connectivity index (χ4n) is 1.75. The van der Waals surface area contributed by atoms with Crippen LogP contribution in [0.2, 0.25) is 4.34 Å². The van der Waals surface area contributed by atoms with Gasteiger partial charge >= 0.3 is 0 Å². The number of nitrogens with two attached hydrogens (primary N) is 1. The van der Waals surface area contributed by atoms with E-state index in [2.05, 4.69) is 15.9 Å². The average molecular weight is 363 g/mol. The van der Waals surface area contributed by atoms with Crippen LogP contribution in [0.3, 0.4) is 0 Å². The monoisotopic (exact) mass is 361 g/mol. The number of halogens is 2. The maximum absolute atomic E-state index is 6.28. The van der Waals surface area contributed by atoms with Gasteiger partial charge in [0.25, 0.3) is 0 Å². The summed E-state index contributed by atoms with van der Waals surface area (Å²) in [5.41, 5.74) is 7.17. The van der Waals surface area contributed by atoms with E-state index in [0.717, 1.165) is 20.7 Å². The second-order valence-corrected chi connectivity index (χ2v) is 6.40. The van der Waals surface area contributed by atoms with Gasteiger partial charge in [0.05, 0.1) is 20.3 Å². The maximum Gasteiger partial charge on any atom is 0.127 e. The van der Waals surface area contributed by atoms with Crippen molar-refractivity contribution in [1.82, 2.24) is 0 Å². The Balaban J connectivity index is 2.40. The van der Waals surface area contributed by atoms with Gasteiger partial charge in [-0.2, -0.15) is 0 Å². The average Bonchev–Trinajstić information content (AvgIpc) is 2.77. The van der Waals surface area contributed by atoms with Crippen molar-refractivity contribution in [3.05, 3.63) is 43.5 Å². The van der Waals surface area contributed by atoms with Crippen LogP contribution in [0.15, 0.2) is 28.7 Å². The molecule has 0 fully saturated rings. The molecule has 1 heterocycles. The number of benzene rings is 1. The molecule has 0 aliphatic heterocycles. The van der Waals surface area contributed by atoms with Crippen LogP contribution in [-0.2, 0) is 0 Å². The lowest BCUT2D eigenvalue weighted by Crippen LogP contribution is -2.11. The standard InChI is InChI=1S/C13H13BrClNO2S/c1-17-7-3-4-8(10(5-7)18-2)12(16)11-6-9(14)13(15)19-11/h3-6,12H,16H2,1-2H3. The molecule has 0 aliphatic rings. The summed E-state index contributed by atoms with van der Waals surface area (Å²) in [6.07, 6.45) is 0. The number of hydrogen-bond acceptors (Lipinski definition) is 4. The third kappa shape index (κ3) is 3.05. The van der Waals surface area contributed by atoms with E-state index in [1.165, 1.54) is 11.3 Å². The SMILES string of the molecule is COc1ccc(C(N)c2cc(Br)c(Cl)s2)c(OC)c1. The van der Waals surface area contributed by atoms with Gasteiger partial charge in [0, 0.05) is 21.0 Å². The van der Waals surface area contributed by atoms with Gasteiger partial charge in [0.1, 0.15) is 15.8 Å². The molecule has 102 valence electrons. The molecular weight excluding hydrogens is 350 g/mol. The predicted octanol–water partition coefficient (Wildman–Crippen LogP) is 4.23. The molecule has 0 saturated heterocycles. The van der Waals surface area contributed by atoms with Crippen LogP contribution in [0.1, 0.15) is 16.5 Å². The van der Waals surface area contributed by atoms with E-state index < -0.39 is 0 Å². The van der Waals surface area contributed by atoms with Crippen molar-refractivity contribution in [2.45, 2.75) is 6.04 Å². The van der Waals surface area contributed by atoms with E-state index in [1.54, 1.807) is 14.2 Å². The minimum atomic E-state index is -0.283. The lowest BCUT2D eigenvalue weighted by Gasteiger charge is -2.15. The first-order chi connectivity index (χ1) is 9.06. The van der Waals surface area contributed by atoms with Crippen LogP contribution >= 0.6 is 38.9 Å². The minimum absolute atomic E-state index is 0.283. The van der Waals surface area contributed by atoms with E-state index in [-0.39, 0.29) is 6.04 Å². The van der Waals surface area contributed by atoms with Crippen molar-refractivity contribution in [3.8, 4) is 11.5 Å². The molecule has 0 spiro atoms. The first-order valence-electron chi connectivity index (χ1n) is 5.49.